The zero-order valence-electron chi connectivity index (χ0n) is 11.4. The summed E-state index contributed by atoms with van der Waals surface area (Å²) in [6.45, 7) is 4.92. The van der Waals surface area contributed by atoms with Crippen LogP contribution in [-0.2, 0) is 4.79 Å². The first-order valence-corrected chi connectivity index (χ1v) is 7.13. The third-order valence-electron chi connectivity index (χ3n) is 4.01. The van der Waals surface area contributed by atoms with Gasteiger partial charge < -0.3 is 11.1 Å². The smallest absolute Gasteiger partial charge is 0.220 e. The molecule has 17 heavy (non-hydrogen) atoms. The van der Waals surface area contributed by atoms with Gasteiger partial charge in [0.15, 0.2) is 0 Å². The fourth-order valence-electron chi connectivity index (χ4n) is 2.57. The highest BCUT2D eigenvalue weighted by molar-refractivity contribution is 5.76. The van der Waals surface area contributed by atoms with Crippen LogP contribution in [0.15, 0.2) is 0 Å². The molecule has 0 heterocycles. The van der Waals surface area contributed by atoms with Gasteiger partial charge in [-0.1, -0.05) is 26.2 Å². The fourth-order valence-corrected chi connectivity index (χ4v) is 2.57. The molecular weight excluding hydrogens is 212 g/mol. The second-order valence-electron chi connectivity index (χ2n) is 5.63. The summed E-state index contributed by atoms with van der Waals surface area (Å²) in [6.07, 6.45) is 8.10. The fraction of sp³-hybridized carbons (Fsp3) is 0.929. The van der Waals surface area contributed by atoms with Crippen LogP contribution >= 0.6 is 0 Å². The molecule has 1 fully saturated rings. The molecule has 0 spiro atoms. The Balaban J connectivity index is 2.20. The molecule has 1 unspecified atom stereocenters. The molecule has 1 amide bonds. The molecule has 3 nitrogen and oxygen atoms in total. The van der Waals surface area contributed by atoms with Crippen molar-refractivity contribution in [3.8, 4) is 0 Å². The summed E-state index contributed by atoms with van der Waals surface area (Å²) in [5.74, 6) is 1.34. The van der Waals surface area contributed by atoms with Crippen LogP contribution < -0.4 is 11.1 Å². The Morgan fingerprint density at radius 1 is 1.29 bits per heavy atom. The molecule has 1 saturated carbocycles. The quantitative estimate of drug-likeness (QED) is 0.749. The van der Waals surface area contributed by atoms with Gasteiger partial charge in [-0.2, -0.15) is 0 Å². The van der Waals surface area contributed by atoms with Gasteiger partial charge >= 0.3 is 0 Å². The molecule has 0 bridgehead atoms. The molecular formula is C14H28N2O. The van der Waals surface area contributed by atoms with E-state index in [0.29, 0.717) is 30.8 Å². The first-order valence-electron chi connectivity index (χ1n) is 7.13. The molecule has 1 rings (SSSR count). The van der Waals surface area contributed by atoms with Crippen molar-refractivity contribution in [2.75, 3.05) is 6.54 Å². The number of hydrogen-bond acceptors (Lipinski definition) is 2. The van der Waals surface area contributed by atoms with E-state index >= 15 is 0 Å². The zero-order valence-corrected chi connectivity index (χ0v) is 11.4. The van der Waals surface area contributed by atoms with Gasteiger partial charge in [-0.05, 0) is 44.6 Å². The van der Waals surface area contributed by atoms with Crippen molar-refractivity contribution in [2.24, 2.45) is 17.6 Å². The molecule has 0 saturated heterocycles. The highest BCUT2D eigenvalue weighted by Gasteiger charge is 2.21. The lowest BCUT2D eigenvalue weighted by Crippen LogP contribution is -2.39. The highest BCUT2D eigenvalue weighted by atomic mass is 16.1. The topological polar surface area (TPSA) is 55.1 Å². The van der Waals surface area contributed by atoms with Gasteiger partial charge in [-0.25, -0.2) is 0 Å². The average molecular weight is 240 g/mol. The van der Waals surface area contributed by atoms with Crippen LogP contribution in [0.1, 0.15) is 58.8 Å². The Bertz CT molecular complexity index is 224. The summed E-state index contributed by atoms with van der Waals surface area (Å²) in [5.41, 5.74) is 5.54. The summed E-state index contributed by atoms with van der Waals surface area (Å²) >= 11 is 0. The summed E-state index contributed by atoms with van der Waals surface area (Å²) in [4.78, 5) is 11.8. The lowest BCUT2D eigenvalue weighted by Gasteiger charge is -2.28. The van der Waals surface area contributed by atoms with Crippen LogP contribution in [0.3, 0.4) is 0 Å². The van der Waals surface area contributed by atoms with Gasteiger partial charge in [0, 0.05) is 12.5 Å². The van der Waals surface area contributed by atoms with E-state index in [9.17, 15) is 4.79 Å². The van der Waals surface area contributed by atoms with Crippen molar-refractivity contribution in [1.82, 2.24) is 5.32 Å². The van der Waals surface area contributed by atoms with Crippen molar-refractivity contribution >= 4 is 5.91 Å². The first kappa shape index (κ1) is 14.5. The third-order valence-corrected chi connectivity index (χ3v) is 4.01. The molecule has 0 aliphatic heterocycles. The lowest BCUT2D eigenvalue weighted by molar-refractivity contribution is -0.122. The number of carbonyl (C=O) groups is 1. The van der Waals surface area contributed by atoms with Gasteiger partial charge in [0.25, 0.3) is 0 Å². The predicted octanol–water partition coefficient (Wildman–Crippen LogP) is 2.45. The average Bonchev–Trinajstić information content (AvgIpc) is 2.36. The standard InChI is InChI=1S/C14H28N2O/c1-11(10-15)8-9-14(17)16-12(2)13-6-4-3-5-7-13/h11-13H,3-10,15H2,1-2H3,(H,16,17)/t11?,12-/m1/s1. The molecule has 3 N–H and O–H groups in total. The molecule has 0 aromatic rings. The van der Waals surface area contributed by atoms with Crippen LogP contribution in [0.25, 0.3) is 0 Å². The van der Waals surface area contributed by atoms with Crippen LogP contribution in [0, 0.1) is 11.8 Å². The van der Waals surface area contributed by atoms with Crippen LogP contribution in [-0.4, -0.2) is 18.5 Å². The minimum atomic E-state index is 0.198. The Kier molecular flexibility index (Phi) is 6.56. The molecule has 1 aliphatic rings. The van der Waals surface area contributed by atoms with Crippen molar-refractivity contribution in [2.45, 2.75) is 64.8 Å². The van der Waals surface area contributed by atoms with Gasteiger partial charge in [0.1, 0.15) is 0 Å². The van der Waals surface area contributed by atoms with E-state index < -0.39 is 0 Å². The molecule has 2 atom stereocenters. The Hall–Kier alpha value is -0.570. The number of amides is 1. The SMILES string of the molecule is CC(CN)CCC(=O)N[C@H](C)C1CCCCC1. The monoisotopic (exact) mass is 240 g/mol. The molecule has 0 aromatic heterocycles. The molecule has 3 heteroatoms. The maximum Gasteiger partial charge on any atom is 0.220 e. The van der Waals surface area contributed by atoms with Crippen LogP contribution in [0.4, 0.5) is 0 Å². The van der Waals surface area contributed by atoms with E-state index in [1.54, 1.807) is 0 Å². The summed E-state index contributed by atoms with van der Waals surface area (Å²) < 4.78 is 0. The van der Waals surface area contributed by atoms with E-state index in [2.05, 4.69) is 19.2 Å². The minimum Gasteiger partial charge on any atom is -0.353 e. The van der Waals surface area contributed by atoms with E-state index in [4.69, 9.17) is 5.73 Å². The van der Waals surface area contributed by atoms with Crippen LogP contribution in [0.5, 0.6) is 0 Å². The van der Waals surface area contributed by atoms with E-state index in [0.717, 1.165) is 6.42 Å². The Morgan fingerprint density at radius 3 is 2.53 bits per heavy atom. The van der Waals surface area contributed by atoms with E-state index in [1.807, 2.05) is 0 Å². The van der Waals surface area contributed by atoms with Crippen LogP contribution in [0.2, 0.25) is 0 Å². The minimum absolute atomic E-state index is 0.198. The molecule has 0 radical (unpaired) electrons. The molecule has 1 aliphatic carbocycles. The van der Waals surface area contributed by atoms with Crippen molar-refractivity contribution in [3.63, 3.8) is 0 Å². The van der Waals surface area contributed by atoms with E-state index in [1.165, 1.54) is 32.1 Å². The maximum atomic E-state index is 11.8. The highest BCUT2D eigenvalue weighted by Crippen LogP contribution is 2.26. The summed E-state index contributed by atoms with van der Waals surface area (Å²) in [7, 11) is 0. The van der Waals surface area contributed by atoms with Crippen molar-refractivity contribution < 1.29 is 4.79 Å². The third kappa shape index (κ3) is 5.53. The number of hydrogen-bond donors (Lipinski definition) is 2. The van der Waals surface area contributed by atoms with Gasteiger partial charge in [0.2, 0.25) is 5.91 Å². The summed E-state index contributed by atoms with van der Waals surface area (Å²) in [6, 6.07) is 0.344. The largest absolute Gasteiger partial charge is 0.353 e. The van der Waals surface area contributed by atoms with Gasteiger partial charge in [0.05, 0.1) is 0 Å². The normalized spacial score (nSPS) is 20.9. The Morgan fingerprint density at radius 2 is 1.94 bits per heavy atom. The lowest BCUT2D eigenvalue weighted by atomic mass is 9.84. The van der Waals surface area contributed by atoms with Crippen molar-refractivity contribution in [3.05, 3.63) is 0 Å². The van der Waals surface area contributed by atoms with Crippen molar-refractivity contribution in [1.29, 1.82) is 0 Å². The maximum absolute atomic E-state index is 11.8. The molecule has 100 valence electrons. The second kappa shape index (κ2) is 7.70. The number of carbonyl (C=O) groups excluding carboxylic acids is 1. The van der Waals surface area contributed by atoms with Gasteiger partial charge in [-0.15, -0.1) is 0 Å². The summed E-state index contributed by atoms with van der Waals surface area (Å²) in [5, 5.41) is 3.15. The predicted molar refractivity (Wildman–Crippen MR) is 71.6 cm³/mol. The zero-order chi connectivity index (χ0) is 12.7. The second-order valence-corrected chi connectivity index (χ2v) is 5.63. The number of nitrogens with one attached hydrogen (secondary N) is 1. The Labute approximate surface area is 106 Å². The van der Waals surface area contributed by atoms with E-state index in [-0.39, 0.29) is 5.91 Å². The number of rotatable bonds is 6. The first-order chi connectivity index (χ1) is 8.13. The number of nitrogens with two attached hydrogens (primary N) is 1. The molecule has 0 aromatic carbocycles. The van der Waals surface area contributed by atoms with Gasteiger partial charge in [-0.3, -0.25) is 4.79 Å².